The molecule has 0 spiro atoms. The molecule has 2 heterocycles. The van der Waals surface area contributed by atoms with Crippen molar-refractivity contribution in [1.82, 2.24) is 14.5 Å². The van der Waals surface area contributed by atoms with Crippen LogP contribution in [0.15, 0.2) is 21.9 Å². The largest absolute Gasteiger partial charge is 0.383 e. The first-order valence-electron chi connectivity index (χ1n) is 8.26. The average Bonchev–Trinajstić information content (AvgIpc) is 3.38. The monoisotopic (exact) mass is 345 g/mol. The van der Waals surface area contributed by atoms with Gasteiger partial charge in [0.2, 0.25) is 0 Å². The Balaban J connectivity index is 2.01. The molecule has 1 saturated carbocycles. The topological polar surface area (TPSA) is 115 Å². The second kappa shape index (κ2) is 6.72. The second-order valence-electron chi connectivity index (χ2n) is 6.53. The van der Waals surface area contributed by atoms with Crippen molar-refractivity contribution < 1.29 is 4.74 Å². The molecule has 4 N–H and O–H groups in total. The fraction of sp³-hybridized carbons (Fsp3) is 0.471. The molecule has 1 fully saturated rings. The third-order valence-corrected chi connectivity index (χ3v) is 4.49. The van der Waals surface area contributed by atoms with E-state index in [-0.39, 0.29) is 28.8 Å². The lowest BCUT2D eigenvalue weighted by Crippen LogP contribution is -2.31. The van der Waals surface area contributed by atoms with Crippen molar-refractivity contribution in [3.8, 4) is 0 Å². The van der Waals surface area contributed by atoms with Gasteiger partial charge in [-0.25, -0.2) is 4.98 Å². The van der Waals surface area contributed by atoms with Crippen LogP contribution in [0.2, 0.25) is 0 Å². The fourth-order valence-corrected chi connectivity index (χ4v) is 2.94. The molecule has 2 aromatic heterocycles. The Hall–Kier alpha value is -2.61. The number of nitrogen functional groups attached to an aromatic ring is 1. The molecule has 3 rings (SSSR count). The summed E-state index contributed by atoms with van der Waals surface area (Å²) < 4.78 is 6.89. The molecule has 25 heavy (non-hydrogen) atoms. The number of H-pyrrole nitrogens is 1. The lowest BCUT2D eigenvalue weighted by atomic mass is 10.2. The first-order valence-corrected chi connectivity index (χ1v) is 8.26. The predicted octanol–water partition coefficient (Wildman–Crippen LogP) is 1.47. The number of hydrogen-bond acceptors (Lipinski definition) is 6. The van der Waals surface area contributed by atoms with Crippen molar-refractivity contribution in [2.24, 2.45) is 5.92 Å². The van der Waals surface area contributed by atoms with Gasteiger partial charge in [-0.2, -0.15) is 0 Å². The van der Waals surface area contributed by atoms with Crippen LogP contribution in [0.1, 0.15) is 30.1 Å². The number of aromatic amines is 1. The van der Waals surface area contributed by atoms with Crippen LogP contribution in [0.5, 0.6) is 0 Å². The highest BCUT2D eigenvalue weighted by molar-refractivity contribution is 5.59. The normalized spacial score (nSPS) is 15.2. The van der Waals surface area contributed by atoms with E-state index in [4.69, 9.17) is 10.5 Å². The van der Waals surface area contributed by atoms with Crippen LogP contribution in [0.4, 0.5) is 17.3 Å². The zero-order valence-corrected chi connectivity index (χ0v) is 14.6. The molecule has 1 aliphatic rings. The molecular weight excluding hydrogens is 322 g/mol. The molecule has 0 radical (unpaired) electrons. The predicted molar refractivity (Wildman–Crippen MR) is 96.4 cm³/mol. The van der Waals surface area contributed by atoms with Crippen molar-refractivity contribution >= 4 is 17.3 Å². The number of methoxy groups -OCH3 is 1. The van der Waals surface area contributed by atoms with E-state index < -0.39 is 0 Å². The standard InChI is InChI=1S/C17H23N5O3/c1-9-6-12(10(2)19-16(9)23)20-15-17(24)22(7-14(18)21-15)13(8-25-3)11-4-5-11/h6-7,11,13H,4-5,8,18H2,1-3H3,(H,19,23)(H,20,21)/t13-/m1/s1. The van der Waals surface area contributed by atoms with Crippen LogP contribution >= 0.6 is 0 Å². The highest BCUT2D eigenvalue weighted by atomic mass is 16.5. The van der Waals surface area contributed by atoms with Crippen LogP contribution < -0.4 is 22.2 Å². The molecule has 1 atom stereocenters. The van der Waals surface area contributed by atoms with Crippen molar-refractivity contribution in [3.05, 3.63) is 44.2 Å². The summed E-state index contributed by atoms with van der Waals surface area (Å²) in [4.78, 5) is 31.4. The molecular formula is C17H23N5O3. The molecule has 1 aliphatic carbocycles. The van der Waals surface area contributed by atoms with Crippen LogP contribution in [-0.4, -0.2) is 28.3 Å². The lowest BCUT2D eigenvalue weighted by molar-refractivity contribution is 0.143. The zero-order chi connectivity index (χ0) is 18.1. The maximum atomic E-state index is 12.9. The number of anilines is 3. The first-order chi connectivity index (χ1) is 11.9. The number of hydrogen-bond donors (Lipinski definition) is 3. The van der Waals surface area contributed by atoms with Gasteiger partial charge in [0.1, 0.15) is 5.82 Å². The Morgan fingerprint density at radius 3 is 2.80 bits per heavy atom. The Labute approximate surface area is 145 Å². The number of aryl methyl sites for hydroxylation is 2. The number of pyridine rings is 1. The Bertz CT molecular complexity index is 898. The minimum absolute atomic E-state index is 0.0539. The fourth-order valence-electron chi connectivity index (χ4n) is 2.94. The smallest absolute Gasteiger partial charge is 0.294 e. The van der Waals surface area contributed by atoms with Gasteiger partial charge in [-0.05, 0) is 38.7 Å². The Kier molecular flexibility index (Phi) is 4.63. The van der Waals surface area contributed by atoms with Crippen molar-refractivity contribution in [1.29, 1.82) is 0 Å². The molecule has 0 aromatic carbocycles. The van der Waals surface area contributed by atoms with E-state index in [0.717, 1.165) is 12.8 Å². The lowest BCUT2D eigenvalue weighted by Gasteiger charge is -2.20. The summed E-state index contributed by atoms with van der Waals surface area (Å²) in [5.41, 5.74) is 7.30. The summed E-state index contributed by atoms with van der Waals surface area (Å²) in [5.74, 6) is 0.809. The number of aromatic nitrogens is 3. The maximum absolute atomic E-state index is 12.9. The minimum atomic E-state index is -0.258. The molecule has 0 unspecified atom stereocenters. The van der Waals surface area contributed by atoms with Gasteiger partial charge in [-0.3, -0.25) is 9.59 Å². The van der Waals surface area contributed by atoms with Crippen LogP contribution in [-0.2, 0) is 4.74 Å². The quantitative estimate of drug-likeness (QED) is 0.730. The van der Waals surface area contributed by atoms with E-state index in [0.29, 0.717) is 29.5 Å². The van der Waals surface area contributed by atoms with Gasteiger partial charge < -0.3 is 25.3 Å². The SMILES string of the molecule is COC[C@H](C1CC1)n1cc(N)nc(Nc2cc(C)c(=O)[nH]c2C)c1=O. The summed E-state index contributed by atoms with van der Waals surface area (Å²) in [6.45, 7) is 3.91. The molecule has 134 valence electrons. The van der Waals surface area contributed by atoms with Crippen LogP contribution in [0.25, 0.3) is 0 Å². The Morgan fingerprint density at radius 2 is 2.16 bits per heavy atom. The van der Waals surface area contributed by atoms with E-state index in [1.54, 1.807) is 37.8 Å². The highest BCUT2D eigenvalue weighted by Crippen LogP contribution is 2.39. The highest BCUT2D eigenvalue weighted by Gasteiger charge is 2.33. The number of nitrogens with one attached hydrogen (secondary N) is 2. The van der Waals surface area contributed by atoms with Gasteiger partial charge in [0.05, 0.1) is 18.3 Å². The van der Waals surface area contributed by atoms with Crippen LogP contribution in [0.3, 0.4) is 0 Å². The van der Waals surface area contributed by atoms with Crippen LogP contribution in [0, 0.1) is 19.8 Å². The molecule has 2 aromatic rings. The second-order valence-corrected chi connectivity index (χ2v) is 6.53. The molecule has 0 aliphatic heterocycles. The molecule has 0 saturated heterocycles. The van der Waals surface area contributed by atoms with Gasteiger partial charge in [-0.15, -0.1) is 0 Å². The Morgan fingerprint density at radius 1 is 1.44 bits per heavy atom. The maximum Gasteiger partial charge on any atom is 0.294 e. The van der Waals surface area contributed by atoms with Crippen molar-refractivity contribution in [2.45, 2.75) is 32.7 Å². The van der Waals surface area contributed by atoms with E-state index in [1.807, 2.05) is 0 Å². The van der Waals surface area contributed by atoms with E-state index >= 15 is 0 Å². The van der Waals surface area contributed by atoms with Crippen molar-refractivity contribution in [2.75, 3.05) is 24.8 Å². The molecule has 0 amide bonds. The minimum Gasteiger partial charge on any atom is -0.383 e. The molecule has 8 heteroatoms. The summed E-state index contributed by atoms with van der Waals surface area (Å²) >= 11 is 0. The van der Waals surface area contributed by atoms with Gasteiger partial charge in [0, 0.05) is 24.6 Å². The summed E-state index contributed by atoms with van der Waals surface area (Å²) in [7, 11) is 1.62. The number of nitrogens with two attached hydrogens (primary N) is 1. The first kappa shape index (κ1) is 17.2. The summed E-state index contributed by atoms with van der Waals surface area (Å²) in [6.07, 6.45) is 3.72. The van der Waals surface area contributed by atoms with E-state index in [1.165, 1.54) is 0 Å². The number of ether oxygens (including phenoxy) is 1. The van der Waals surface area contributed by atoms with Gasteiger partial charge >= 0.3 is 0 Å². The van der Waals surface area contributed by atoms with Gasteiger partial charge in [-0.1, -0.05) is 0 Å². The number of nitrogens with zero attached hydrogens (tertiary/aromatic N) is 2. The van der Waals surface area contributed by atoms with Gasteiger partial charge in [0.15, 0.2) is 5.82 Å². The third kappa shape index (κ3) is 3.58. The van der Waals surface area contributed by atoms with E-state index in [2.05, 4.69) is 15.3 Å². The summed E-state index contributed by atoms with van der Waals surface area (Å²) in [6, 6.07) is 1.64. The average molecular weight is 345 g/mol. The van der Waals surface area contributed by atoms with Gasteiger partial charge in [0.25, 0.3) is 11.1 Å². The third-order valence-electron chi connectivity index (χ3n) is 4.49. The number of rotatable bonds is 6. The van der Waals surface area contributed by atoms with E-state index in [9.17, 15) is 9.59 Å². The molecule has 8 nitrogen and oxygen atoms in total. The summed E-state index contributed by atoms with van der Waals surface area (Å²) in [5, 5.41) is 3.01. The molecule has 0 bridgehead atoms. The zero-order valence-electron chi connectivity index (χ0n) is 14.6. The van der Waals surface area contributed by atoms with Crippen molar-refractivity contribution in [3.63, 3.8) is 0 Å².